The lowest BCUT2D eigenvalue weighted by Crippen LogP contribution is -2.31. The molecule has 0 radical (unpaired) electrons. The number of rotatable bonds is 0. The van der Waals surface area contributed by atoms with Gasteiger partial charge in [-0.2, -0.15) is 0 Å². The van der Waals surface area contributed by atoms with Crippen molar-refractivity contribution in [2.24, 2.45) is 5.41 Å². The minimum Gasteiger partial charge on any atom is -0.283 e. The highest BCUT2D eigenvalue weighted by atomic mass is 31.2. The fourth-order valence-corrected chi connectivity index (χ4v) is 2.85. The summed E-state index contributed by atoms with van der Waals surface area (Å²) in [6, 6.07) is 0. The molecule has 70 valence electrons. The van der Waals surface area contributed by atoms with Crippen LogP contribution in [-0.2, 0) is 13.6 Å². The van der Waals surface area contributed by atoms with Gasteiger partial charge in [0.15, 0.2) is 0 Å². The predicted octanol–water partition coefficient (Wildman–Crippen LogP) is 2.67. The van der Waals surface area contributed by atoms with E-state index in [9.17, 15) is 8.76 Å². The molecule has 0 aromatic carbocycles. The van der Waals surface area contributed by atoms with Crippen LogP contribution in [-0.4, -0.2) is 13.2 Å². The first-order chi connectivity index (χ1) is 5.62. The summed E-state index contributed by atoms with van der Waals surface area (Å²) in [5.74, 6) is 0. The van der Waals surface area contributed by atoms with E-state index in [1.165, 1.54) is 0 Å². The molecule has 1 spiro atoms. The van der Waals surface area contributed by atoms with Gasteiger partial charge in [0, 0.05) is 5.41 Å². The highest BCUT2D eigenvalue weighted by Crippen LogP contribution is 2.57. The zero-order chi connectivity index (χ0) is 8.66. The molecule has 12 heavy (non-hydrogen) atoms. The van der Waals surface area contributed by atoms with Crippen LogP contribution in [0.15, 0.2) is 0 Å². The molecule has 1 heterocycles. The van der Waals surface area contributed by atoms with Crippen molar-refractivity contribution in [1.82, 2.24) is 0 Å². The van der Waals surface area contributed by atoms with E-state index in [1.807, 2.05) is 0 Å². The highest BCUT2D eigenvalue weighted by molar-refractivity contribution is 7.48. The van der Waals surface area contributed by atoms with E-state index in [0.717, 1.165) is 25.7 Å². The summed E-state index contributed by atoms with van der Waals surface area (Å²) >= 11 is 0. The zero-order valence-electron chi connectivity index (χ0n) is 6.79. The Balaban J connectivity index is 2.01. The van der Waals surface area contributed by atoms with Crippen molar-refractivity contribution in [2.45, 2.75) is 25.7 Å². The third kappa shape index (κ3) is 1.56. The Bertz CT molecular complexity index is 211. The maximum absolute atomic E-state index is 12.6. The van der Waals surface area contributed by atoms with Crippen LogP contribution in [0, 0.1) is 5.41 Å². The average molecular weight is 194 g/mol. The molecule has 1 saturated heterocycles. The quantitative estimate of drug-likeness (QED) is 0.556. The van der Waals surface area contributed by atoms with Crippen molar-refractivity contribution in [2.75, 3.05) is 13.2 Å². The van der Waals surface area contributed by atoms with Gasteiger partial charge in [-0.25, -0.2) is 4.57 Å². The van der Waals surface area contributed by atoms with Gasteiger partial charge in [0.2, 0.25) is 0 Å². The SMILES string of the molecule is O=P1(F)OCC2(CCCC2)CO1. The Labute approximate surface area is 70.9 Å². The van der Waals surface area contributed by atoms with Crippen molar-refractivity contribution in [3.63, 3.8) is 0 Å². The first-order valence-electron chi connectivity index (χ1n) is 4.21. The van der Waals surface area contributed by atoms with Gasteiger partial charge in [0.05, 0.1) is 13.2 Å². The number of hydrogen-bond donors (Lipinski definition) is 0. The van der Waals surface area contributed by atoms with E-state index in [0.29, 0.717) is 0 Å². The molecule has 0 unspecified atom stereocenters. The topological polar surface area (TPSA) is 35.5 Å². The molecule has 0 aromatic heterocycles. The maximum Gasteiger partial charge on any atom is 0.513 e. The third-order valence-electron chi connectivity index (χ3n) is 2.71. The molecule has 1 aliphatic heterocycles. The Morgan fingerprint density at radius 1 is 1.17 bits per heavy atom. The summed E-state index contributed by atoms with van der Waals surface area (Å²) in [5.41, 5.74) is -0.0278. The minimum atomic E-state index is -4.17. The van der Waals surface area contributed by atoms with Gasteiger partial charge < -0.3 is 0 Å². The summed E-state index contributed by atoms with van der Waals surface area (Å²) in [6.45, 7) is 0.529. The molecule has 2 aliphatic rings. The minimum absolute atomic E-state index is 0.0278. The van der Waals surface area contributed by atoms with Crippen LogP contribution in [0.4, 0.5) is 4.20 Å². The van der Waals surface area contributed by atoms with Crippen molar-refractivity contribution >= 4 is 7.91 Å². The second-order valence-corrected chi connectivity index (χ2v) is 5.06. The van der Waals surface area contributed by atoms with E-state index < -0.39 is 7.91 Å². The number of hydrogen-bond acceptors (Lipinski definition) is 3. The normalized spacial score (nSPS) is 32.4. The van der Waals surface area contributed by atoms with Gasteiger partial charge >= 0.3 is 7.91 Å². The molecule has 2 fully saturated rings. The molecule has 1 aliphatic carbocycles. The fraction of sp³-hybridized carbons (Fsp3) is 1.00. The van der Waals surface area contributed by atoms with E-state index in [-0.39, 0.29) is 18.6 Å². The third-order valence-corrected chi connectivity index (χ3v) is 3.59. The van der Waals surface area contributed by atoms with Crippen molar-refractivity contribution in [3.05, 3.63) is 0 Å². The highest BCUT2D eigenvalue weighted by Gasteiger charge is 2.44. The molecule has 1 saturated carbocycles. The van der Waals surface area contributed by atoms with Crippen molar-refractivity contribution < 1.29 is 17.8 Å². The molecule has 0 N–H and O–H groups in total. The molecule has 5 heteroatoms. The summed E-state index contributed by atoms with van der Waals surface area (Å²) < 4.78 is 32.4. The van der Waals surface area contributed by atoms with Gasteiger partial charge in [0.25, 0.3) is 0 Å². The first-order valence-corrected chi connectivity index (χ1v) is 5.64. The van der Waals surface area contributed by atoms with Crippen molar-refractivity contribution in [1.29, 1.82) is 0 Å². The van der Waals surface area contributed by atoms with Crippen LogP contribution < -0.4 is 0 Å². The fourth-order valence-electron chi connectivity index (χ4n) is 1.92. The molecular weight excluding hydrogens is 182 g/mol. The van der Waals surface area contributed by atoms with E-state index in [1.54, 1.807) is 0 Å². The lowest BCUT2D eigenvalue weighted by atomic mass is 9.89. The lowest BCUT2D eigenvalue weighted by Gasteiger charge is -2.33. The second-order valence-electron chi connectivity index (χ2n) is 3.68. The van der Waals surface area contributed by atoms with Gasteiger partial charge in [-0.1, -0.05) is 12.8 Å². The summed E-state index contributed by atoms with van der Waals surface area (Å²) in [5, 5.41) is 0. The van der Waals surface area contributed by atoms with E-state index in [4.69, 9.17) is 0 Å². The Morgan fingerprint density at radius 2 is 1.67 bits per heavy atom. The zero-order valence-corrected chi connectivity index (χ0v) is 7.69. The largest absolute Gasteiger partial charge is 0.513 e. The summed E-state index contributed by atoms with van der Waals surface area (Å²) in [7, 11) is -4.17. The standard InChI is InChI=1S/C7H12FO3P/c8-12(9)10-5-7(6-11-12)3-1-2-4-7/h1-6H2. The Morgan fingerprint density at radius 3 is 2.17 bits per heavy atom. The van der Waals surface area contributed by atoms with Crippen LogP contribution in [0.25, 0.3) is 0 Å². The lowest BCUT2D eigenvalue weighted by molar-refractivity contribution is 0.00818. The summed E-state index contributed by atoms with van der Waals surface area (Å²) in [4.78, 5) is 0. The van der Waals surface area contributed by atoms with Gasteiger partial charge in [-0.15, -0.1) is 4.20 Å². The smallest absolute Gasteiger partial charge is 0.283 e. The molecule has 0 bridgehead atoms. The Hall–Kier alpha value is 0.0800. The van der Waals surface area contributed by atoms with Crippen LogP contribution >= 0.6 is 7.91 Å². The first kappa shape index (κ1) is 8.67. The monoisotopic (exact) mass is 194 g/mol. The molecular formula is C7H12FO3P. The molecule has 0 amide bonds. The van der Waals surface area contributed by atoms with E-state index in [2.05, 4.69) is 9.05 Å². The van der Waals surface area contributed by atoms with Crippen LogP contribution in [0.1, 0.15) is 25.7 Å². The number of halogens is 1. The van der Waals surface area contributed by atoms with Gasteiger partial charge in [0.1, 0.15) is 0 Å². The van der Waals surface area contributed by atoms with E-state index >= 15 is 0 Å². The average Bonchev–Trinajstić information content (AvgIpc) is 2.46. The molecule has 0 aromatic rings. The molecule has 3 nitrogen and oxygen atoms in total. The second kappa shape index (κ2) is 2.79. The van der Waals surface area contributed by atoms with Gasteiger partial charge in [-0.05, 0) is 12.8 Å². The van der Waals surface area contributed by atoms with Gasteiger partial charge in [-0.3, -0.25) is 9.05 Å². The van der Waals surface area contributed by atoms with Crippen LogP contribution in [0.2, 0.25) is 0 Å². The molecule has 2 rings (SSSR count). The molecule has 0 atom stereocenters. The van der Waals surface area contributed by atoms with Crippen molar-refractivity contribution in [3.8, 4) is 0 Å². The predicted molar refractivity (Wildman–Crippen MR) is 41.5 cm³/mol. The van der Waals surface area contributed by atoms with Crippen LogP contribution in [0.3, 0.4) is 0 Å². The summed E-state index contributed by atoms with van der Waals surface area (Å²) in [6.07, 6.45) is 4.30. The maximum atomic E-state index is 12.6. The Kier molecular flexibility index (Phi) is 2.02. The van der Waals surface area contributed by atoms with Crippen LogP contribution in [0.5, 0.6) is 0 Å².